The molecule has 3 heteroatoms. The van der Waals surface area contributed by atoms with Crippen molar-refractivity contribution >= 4 is 11.0 Å². The quantitative estimate of drug-likeness (QED) is 0.861. The first-order chi connectivity index (χ1) is 8.20. The molecule has 92 valence electrons. The standard InChI is InChI=1S/C14H20N2O/c1-11(7-15)8-16(2)9-12-10-17-14-6-4-3-5-13(12)14/h3-6,10-11H,7-9,15H2,1-2H3. The van der Waals surface area contributed by atoms with Gasteiger partial charge in [0.2, 0.25) is 0 Å². The molecule has 1 atom stereocenters. The molecular weight excluding hydrogens is 212 g/mol. The molecular formula is C14H20N2O. The van der Waals surface area contributed by atoms with E-state index in [0.29, 0.717) is 5.92 Å². The Morgan fingerprint density at radius 2 is 2.12 bits per heavy atom. The third-order valence-corrected chi connectivity index (χ3v) is 3.03. The molecule has 2 N–H and O–H groups in total. The Balaban J connectivity index is 2.08. The van der Waals surface area contributed by atoms with Gasteiger partial charge in [0.25, 0.3) is 0 Å². The lowest BCUT2D eigenvalue weighted by Crippen LogP contribution is -2.27. The maximum Gasteiger partial charge on any atom is 0.134 e. The first-order valence-electron chi connectivity index (χ1n) is 6.04. The SMILES string of the molecule is CC(CN)CN(C)Cc1coc2ccccc12. The Bertz CT molecular complexity index is 478. The number of para-hydroxylation sites is 1. The molecule has 1 aromatic heterocycles. The molecule has 3 nitrogen and oxygen atoms in total. The molecule has 0 saturated carbocycles. The van der Waals surface area contributed by atoms with Crippen molar-refractivity contribution in [1.82, 2.24) is 4.90 Å². The fourth-order valence-corrected chi connectivity index (χ4v) is 2.12. The summed E-state index contributed by atoms with van der Waals surface area (Å²) in [6.07, 6.45) is 1.86. The van der Waals surface area contributed by atoms with E-state index in [1.807, 2.05) is 24.5 Å². The Hall–Kier alpha value is -1.32. The van der Waals surface area contributed by atoms with Crippen molar-refractivity contribution in [1.29, 1.82) is 0 Å². The highest BCUT2D eigenvalue weighted by atomic mass is 16.3. The second-order valence-electron chi connectivity index (χ2n) is 4.79. The van der Waals surface area contributed by atoms with Crippen molar-refractivity contribution in [2.45, 2.75) is 13.5 Å². The Morgan fingerprint density at radius 3 is 2.88 bits per heavy atom. The van der Waals surface area contributed by atoms with Gasteiger partial charge in [-0.2, -0.15) is 0 Å². The normalized spacial score (nSPS) is 13.4. The minimum atomic E-state index is 0.526. The lowest BCUT2D eigenvalue weighted by molar-refractivity contribution is 0.282. The first kappa shape index (κ1) is 12.1. The molecule has 1 unspecified atom stereocenters. The van der Waals surface area contributed by atoms with Crippen LogP contribution in [0.2, 0.25) is 0 Å². The summed E-state index contributed by atoms with van der Waals surface area (Å²) in [6, 6.07) is 8.15. The zero-order chi connectivity index (χ0) is 12.3. The summed E-state index contributed by atoms with van der Waals surface area (Å²) in [5.41, 5.74) is 7.84. The number of hydrogen-bond donors (Lipinski definition) is 1. The van der Waals surface area contributed by atoms with E-state index >= 15 is 0 Å². The van der Waals surface area contributed by atoms with E-state index in [0.717, 1.165) is 25.2 Å². The van der Waals surface area contributed by atoms with Crippen LogP contribution in [0.15, 0.2) is 34.9 Å². The Morgan fingerprint density at radius 1 is 1.35 bits per heavy atom. The molecule has 17 heavy (non-hydrogen) atoms. The van der Waals surface area contributed by atoms with Gasteiger partial charge in [-0.05, 0) is 25.6 Å². The van der Waals surface area contributed by atoms with E-state index in [-0.39, 0.29) is 0 Å². The van der Waals surface area contributed by atoms with Crippen molar-refractivity contribution in [3.63, 3.8) is 0 Å². The van der Waals surface area contributed by atoms with Crippen LogP contribution in [0, 0.1) is 5.92 Å². The second-order valence-corrected chi connectivity index (χ2v) is 4.79. The second kappa shape index (κ2) is 5.34. The van der Waals surface area contributed by atoms with Gasteiger partial charge in [0.15, 0.2) is 0 Å². The molecule has 1 heterocycles. The molecule has 0 amide bonds. The van der Waals surface area contributed by atoms with Crippen LogP contribution in [0.5, 0.6) is 0 Å². The number of fused-ring (bicyclic) bond motifs is 1. The average molecular weight is 232 g/mol. The predicted octanol–water partition coefficient (Wildman–Crippen LogP) is 2.46. The summed E-state index contributed by atoms with van der Waals surface area (Å²) < 4.78 is 5.53. The van der Waals surface area contributed by atoms with Gasteiger partial charge in [-0.25, -0.2) is 0 Å². The Labute approximate surface area is 102 Å². The smallest absolute Gasteiger partial charge is 0.134 e. The average Bonchev–Trinajstić information content (AvgIpc) is 2.72. The maximum absolute atomic E-state index is 5.64. The Kier molecular flexibility index (Phi) is 3.82. The number of nitrogens with zero attached hydrogens (tertiary/aromatic N) is 1. The number of hydrogen-bond acceptors (Lipinski definition) is 3. The van der Waals surface area contributed by atoms with Crippen LogP contribution in [0.3, 0.4) is 0 Å². The van der Waals surface area contributed by atoms with Crippen LogP contribution in [-0.2, 0) is 6.54 Å². The molecule has 0 fully saturated rings. The summed E-state index contributed by atoms with van der Waals surface area (Å²) in [5.74, 6) is 0.526. The van der Waals surface area contributed by atoms with E-state index in [2.05, 4.69) is 24.9 Å². The highest BCUT2D eigenvalue weighted by Gasteiger charge is 2.09. The zero-order valence-electron chi connectivity index (χ0n) is 10.5. The first-order valence-corrected chi connectivity index (χ1v) is 6.04. The summed E-state index contributed by atoms with van der Waals surface area (Å²) in [4.78, 5) is 2.29. The monoisotopic (exact) mass is 232 g/mol. The van der Waals surface area contributed by atoms with E-state index in [1.54, 1.807) is 0 Å². The highest BCUT2D eigenvalue weighted by molar-refractivity contribution is 5.80. The van der Waals surface area contributed by atoms with Gasteiger partial charge >= 0.3 is 0 Å². The minimum absolute atomic E-state index is 0.526. The van der Waals surface area contributed by atoms with Crippen LogP contribution in [0.1, 0.15) is 12.5 Å². The number of benzene rings is 1. The summed E-state index contributed by atoms with van der Waals surface area (Å²) in [7, 11) is 2.12. The van der Waals surface area contributed by atoms with E-state index in [9.17, 15) is 0 Å². The maximum atomic E-state index is 5.64. The highest BCUT2D eigenvalue weighted by Crippen LogP contribution is 2.21. The number of rotatable bonds is 5. The topological polar surface area (TPSA) is 42.4 Å². The van der Waals surface area contributed by atoms with Gasteiger partial charge in [-0.15, -0.1) is 0 Å². The van der Waals surface area contributed by atoms with Gasteiger partial charge in [0.1, 0.15) is 5.58 Å². The molecule has 0 bridgehead atoms. The minimum Gasteiger partial charge on any atom is -0.464 e. The van der Waals surface area contributed by atoms with E-state index in [4.69, 9.17) is 10.2 Å². The van der Waals surface area contributed by atoms with Crippen molar-refractivity contribution in [2.75, 3.05) is 20.1 Å². The fourth-order valence-electron chi connectivity index (χ4n) is 2.12. The van der Waals surface area contributed by atoms with Crippen LogP contribution in [0.25, 0.3) is 11.0 Å². The van der Waals surface area contributed by atoms with Gasteiger partial charge in [0, 0.05) is 24.0 Å². The van der Waals surface area contributed by atoms with Crippen LogP contribution in [0.4, 0.5) is 0 Å². The van der Waals surface area contributed by atoms with Crippen molar-refractivity contribution in [3.8, 4) is 0 Å². The van der Waals surface area contributed by atoms with Crippen molar-refractivity contribution in [3.05, 3.63) is 36.1 Å². The van der Waals surface area contributed by atoms with Crippen LogP contribution < -0.4 is 5.73 Å². The molecule has 0 saturated heterocycles. The lowest BCUT2D eigenvalue weighted by Gasteiger charge is -2.19. The van der Waals surface area contributed by atoms with Crippen molar-refractivity contribution < 1.29 is 4.42 Å². The fraction of sp³-hybridized carbons (Fsp3) is 0.429. The number of nitrogens with two attached hydrogens (primary N) is 1. The molecule has 2 rings (SSSR count). The predicted molar refractivity (Wildman–Crippen MR) is 70.8 cm³/mol. The van der Waals surface area contributed by atoms with Gasteiger partial charge in [-0.3, -0.25) is 0 Å². The van der Waals surface area contributed by atoms with E-state index in [1.165, 1.54) is 10.9 Å². The molecule has 0 aliphatic carbocycles. The van der Waals surface area contributed by atoms with E-state index < -0.39 is 0 Å². The molecule has 0 spiro atoms. The van der Waals surface area contributed by atoms with Gasteiger partial charge in [0.05, 0.1) is 6.26 Å². The molecule has 2 aromatic rings. The zero-order valence-corrected chi connectivity index (χ0v) is 10.5. The van der Waals surface area contributed by atoms with Gasteiger partial charge in [-0.1, -0.05) is 25.1 Å². The lowest BCUT2D eigenvalue weighted by atomic mass is 10.1. The summed E-state index contributed by atoms with van der Waals surface area (Å²) in [5, 5.41) is 1.21. The van der Waals surface area contributed by atoms with Gasteiger partial charge < -0.3 is 15.1 Å². The van der Waals surface area contributed by atoms with Crippen LogP contribution >= 0.6 is 0 Å². The third kappa shape index (κ3) is 2.87. The van der Waals surface area contributed by atoms with Crippen molar-refractivity contribution in [2.24, 2.45) is 11.7 Å². The van der Waals surface area contributed by atoms with Crippen LogP contribution in [-0.4, -0.2) is 25.0 Å². The third-order valence-electron chi connectivity index (χ3n) is 3.03. The molecule has 0 radical (unpaired) electrons. The molecule has 1 aromatic carbocycles. The summed E-state index contributed by atoms with van der Waals surface area (Å²) in [6.45, 7) is 4.82. The summed E-state index contributed by atoms with van der Waals surface area (Å²) >= 11 is 0. The largest absolute Gasteiger partial charge is 0.464 e. The molecule has 0 aliphatic rings. The molecule has 0 aliphatic heterocycles. The number of furan rings is 1.